The van der Waals surface area contributed by atoms with Crippen LogP contribution < -0.4 is 5.32 Å². The first kappa shape index (κ1) is 14.5. The summed E-state index contributed by atoms with van der Waals surface area (Å²) in [5.74, 6) is 0.231. The summed E-state index contributed by atoms with van der Waals surface area (Å²) in [5.41, 5.74) is 1.19. The van der Waals surface area contributed by atoms with Gasteiger partial charge in [0.1, 0.15) is 6.17 Å². The van der Waals surface area contributed by atoms with E-state index >= 15 is 0 Å². The van der Waals surface area contributed by atoms with Crippen LogP contribution in [-0.4, -0.2) is 37.1 Å². The van der Waals surface area contributed by atoms with Crippen molar-refractivity contribution in [3.63, 3.8) is 0 Å². The van der Waals surface area contributed by atoms with Crippen LogP contribution in [-0.2, 0) is 9.53 Å². The third kappa shape index (κ3) is 3.35. The topological polar surface area (TPSA) is 41.6 Å². The van der Waals surface area contributed by atoms with E-state index < -0.39 is 0 Å². The van der Waals surface area contributed by atoms with E-state index in [1.807, 2.05) is 4.90 Å². The zero-order valence-corrected chi connectivity index (χ0v) is 12.4. The monoisotopic (exact) mass is 282 g/mol. The minimum Gasteiger partial charge on any atom is -0.385 e. The van der Waals surface area contributed by atoms with Crippen molar-refractivity contribution in [2.75, 3.05) is 20.3 Å². The Bertz CT molecular complexity index is 394. The summed E-state index contributed by atoms with van der Waals surface area (Å²) in [5, 5.41) is 7.63. The normalized spacial score (nSPS) is 23.3. The molecule has 0 radical (unpaired) electrons. The Kier molecular flexibility index (Phi) is 5.36. The van der Waals surface area contributed by atoms with Crippen LogP contribution in [0, 0.1) is 0 Å². The number of nitrogens with zero attached hydrogens (tertiary/aromatic N) is 1. The smallest absolute Gasteiger partial charge is 0.241 e. The zero-order chi connectivity index (χ0) is 13.7. The van der Waals surface area contributed by atoms with E-state index in [0.717, 1.165) is 25.8 Å². The number of hydrogen-bond donors (Lipinski definition) is 1. The van der Waals surface area contributed by atoms with E-state index in [-0.39, 0.29) is 18.1 Å². The van der Waals surface area contributed by atoms with Gasteiger partial charge in [0, 0.05) is 20.3 Å². The lowest BCUT2D eigenvalue weighted by Crippen LogP contribution is -2.32. The Morgan fingerprint density at radius 1 is 1.53 bits per heavy atom. The zero-order valence-electron chi connectivity index (χ0n) is 11.6. The first-order valence-electron chi connectivity index (χ1n) is 6.85. The Morgan fingerprint density at radius 2 is 2.37 bits per heavy atom. The van der Waals surface area contributed by atoms with Crippen molar-refractivity contribution >= 4 is 17.2 Å². The molecule has 0 bridgehead atoms. The molecular weight excluding hydrogens is 260 g/mol. The molecule has 2 heterocycles. The second kappa shape index (κ2) is 7.03. The molecule has 1 amide bonds. The van der Waals surface area contributed by atoms with Gasteiger partial charge >= 0.3 is 0 Å². The van der Waals surface area contributed by atoms with Crippen molar-refractivity contribution in [3.8, 4) is 0 Å². The quantitative estimate of drug-likeness (QED) is 0.781. The molecule has 2 unspecified atom stereocenters. The van der Waals surface area contributed by atoms with Crippen molar-refractivity contribution in [2.45, 2.75) is 38.4 Å². The molecule has 1 N–H and O–H groups in total. The highest BCUT2D eigenvalue weighted by Crippen LogP contribution is 2.28. The van der Waals surface area contributed by atoms with Crippen LogP contribution >= 0.6 is 11.3 Å². The van der Waals surface area contributed by atoms with E-state index in [4.69, 9.17) is 4.74 Å². The van der Waals surface area contributed by atoms with E-state index in [2.05, 4.69) is 29.1 Å². The Balaban J connectivity index is 2.07. The molecule has 1 fully saturated rings. The minimum atomic E-state index is -0.0301. The van der Waals surface area contributed by atoms with E-state index in [0.29, 0.717) is 6.61 Å². The second-order valence-electron chi connectivity index (χ2n) is 4.85. The maximum atomic E-state index is 12.4. The number of methoxy groups -OCH3 is 1. The fourth-order valence-corrected chi connectivity index (χ4v) is 3.18. The van der Waals surface area contributed by atoms with Gasteiger partial charge in [0.15, 0.2) is 0 Å². The van der Waals surface area contributed by atoms with Gasteiger partial charge in [0.2, 0.25) is 5.91 Å². The van der Waals surface area contributed by atoms with Gasteiger partial charge in [-0.3, -0.25) is 10.1 Å². The van der Waals surface area contributed by atoms with Crippen LogP contribution in [0.3, 0.4) is 0 Å². The molecule has 106 valence electrons. The third-order valence-electron chi connectivity index (χ3n) is 3.44. The van der Waals surface area contributed by atoms with Gasteiger partial charge in [0.05, 0.1) is 6.04 Å². The molecule has 0 aliphatic carbocycles. The molecule has 1 aliphatic rings. The summed E-state index contributed by atoms with van der Waals surface area (Å²) in [7, 11) is 1.69. The molecule has 2 rings (SSSR count). The van der Waals surface area contributed by atoms with Gasteiger partial charge in [-0.05, 0) is 35.2 Å². The highest BCUT2D eigenvalue weighted by molar-refractivity contribution is 7.07. The molecule has 19 heavy (non-hydrogen) atoms. The van der Waals surface area contributed by atoms with Crippen molar-refractivity contribution in [2.24, 2.45) is 0 Å². The summed E-state index contributed by atoms with van der Waals surface area (Å²) >= 11 is 1.67. The largest absolute Gasteiger partial charge is 0.385 e. The fourth-order valence-electron chi connectivity index (χ4n) is 2.50. The molecule has 1 saturated heterocycles. The number of carbonyl (C=O) groups is 1. The molecule has 0 saturated carbocycles. The van der Waals surface area contributed by atoms with Gasteiger partial charge in [-0.25, -0.2) is 0 Å². The number of carbonyl (C=O) groups excluding carboxylic acids is 1. The summed E-state index contributed by atoms with van der Waals surface area (Å²) in [6.45, 7) is 3.56. The van der Waals surface area contributed by atoms with Gasteiger partial charge in [-0.15, -0.1) is 0 Å². The fraction of sp³-hybridized carbons (Fsp3) is 0.643. The number of rotatable bonds is 7. The number of hydrogen-bond acceptors (Lipinski definition) is 4. The van der Waals surface area contributed by atoms with Gasteiger partial charge in [0.25, 0.3) is 0 Å². The standard InChI is InChI=1S/C14H22N2O2S/c1-3-5-12-14(17)16(7-4-8-18-2)13(15-12)11-6-9-19-10-11/h6,9-10,12-13,15H,3-5,7-8H2,1-2H3. The van der Waals surface area contributed by atoms with Crippen molar-refractivity contribution in [1.82, 2.24) is 10.2 Å². The lowest BCUT2D eigenvalue weighted by molar-refractivity contribution is -0.130. The van der Waals surface area contributed by atoms with Crippen LogP contribution in [0.1, 0.15) is 37.9 Å². The Labute approximate surface area is 118 Å². The van der Waals surface area contributed by atoms with E-state index in [9.17, 15) is 4.79 Å². The highest BCUT2D eigenvalue weighted by atomic mass is 32.1. The van der Waals surface area contributed by atoms with E-state index in [1.165, 1.54) is 5.56 Å². The lowest BCUT2D eigenvalue weighted by Gasteiger charge is -2.23. The van der Waals surface area contributed by atoms with E-state index in [1.54, 1.807) is 18.4 Å². The predicted octanol–water partition coefficient (Wildman–Crippen LogP) is 2.38. The number of ether oxygens (including phenoxy) is 1. The summed E-state index contributed by atoms with van der Waals surface area (Å²) < 4.78 is 5.08. The number of nitrogens with one attached hydrogen (secondary N) is 1. The average molecular weight is 282 g/mol. The molecule has 1 aromatic heterocycles. The van der Waals surface area contributed by atoms with Crippen molar-refractivity contribution < 1.29 is 9.53 Å². The van der Waals surface area contributed by atoms with Gasteiger partial charge in [-0.1, -0.05) is 13.3 Å². The first-order valence-corrected chi connectivity index (χ1v) is 7.79. The summed E-state index contributed by atoms with van der Waals surface area (Å²) in [6, 6.07) is 2.06. The average Bonchev–Trinajstić information content (AvgIpc) is 3.02. The first-order chi connectivity index (χ1) is 9.27. The molecule has 0 spiro atoms. The van der Waals surface area contributed by atoms with Gasteiger partial charge < -0.3 is 9.64 Å². The molecular formula is C14H22N2O2S. The molecule has 1 aliphatic heterocycles. The highest BCUT2D eigenvalue weighted by Gasteiger charge is 2.38. The molecule has 4 nitrogen and oxygen atoms in total. The second-order valence-corrected chi connectivity index (χ2v) is 5.63. The molecule has 0 aromatic carbocycles. The SMILES string of the molecule is CCCC1NC(c2ccsc2)N(CCCOC)C1=O. The van der Waals surface area contributed by atoms with Crippen LogP contribution in [0.15, 0.2) is 16.8 Å². The predicted molar refractivity (Wildman–Crippen MR) is 77.1 cm³/mol. The van der Waals surface area contributed by atoms with Crippen LogP contribution in [0.5, 0.6) is 0 Å². The van der Waals surface area contributed by atoms with Crippen LogP contribution in [0.25, 0.3) is 0 Å². The van der Waals surface area contributed by atoms with Crippen molar-refractivity contribution in [3.05, 3.63) is 22.4 Å². The molecule has 5 heteroatoms. The maximum Gasteiger partial charge on any atom is 0.241 e. The summed E-state index contributed by atoms with van der Waals surface area (Å²) in [4.78, 5) is 14.4. The maximum absolute atomic E-state index is 12.4. The Hall–Kier alpha value is -0.910. The lowest BCUT2D eigenvalue weighted by atomic mass is 10.2. The minimum absolute atomic E-state index is 0.0301. The molecule has 1 aromatic rings. The van der Waals surface area contributed by atoms with Crippen LogP contribution in [0.2, 0.25) is 0 Å². The number of amides is 1. The number of thiophene rings is 1. The summed E-state index contributed by atoms with van der Waals surface area (Å²) in [6.07, 6.45) is 2.84. The third-order valence-corrected chi connectivity index (χ3v) is 4.14. The van der Waals surface area contributed by atoms with Gasteiger partial charge in [-0.2, -0.15) is 11.3 Å². The van der Waals surface area contributed by atoms with Crippen LogP contribution in [0.4, 0.5) is 0 Å². The molecule has 2 atom stereocenters. The van der Waals surface area contributed by atoms with Crippen molar-refractivity contribution in [1.29, 1.82) is 0 Å². The Morgan fingerprint density at radius 3 is 3.00 bits per heavy atom.